The van der Waals surface area contributed by atoms with Crippen LogP contribution >= 0.6 is 11.6 Å². The number of halogens is 1. The maximum atomic E-state index is 11.3. The Morgan fingerprint density at radius 3 is 2.62 bits per heavy atom. The van der Waals surface area contributed by atoms with Gasteiger partial charge in [-0.25, -0.2) is 4.79 Å². The Labute approximate surface area is 99.4 Å². The van der Waals surface area contributed by atoms with Gasteiger partial charge in [0, 0.05) is 6.42 Å². The number of Topliss-reactive ketones (excluding diaryl/α,β-unsaturated/α-hetero) is 1. The maximum Gasteiger partial charge on any atom is 0.337 e. The predicted molar refractivity (Wildman–Crippen MR) is 61.9 cm³/mol. The molecule has 0 spiro atoms. The molecule has 3 nitrogen and oxygen atoms in total. The molecule has 0 bridgehead atoms. The number of esters is 1. The Morgan fingerprint density at radius 2 is 2.06 bits per heavy atom. The lowest BCUT2D eigenvalue weighted by Crippen LogP contribution is -2.08. The third-order valence-electron chi connectivity index (χ3n) is 2.31. The first kappa shape index (κ1) is 12.7. The highest BCUT2D eigenvalue weighted by molar-refractivity contribution is 6.27. The van der Waals surface area contributed by atoms with Gasteiger partial charge in [-0.2, -0.15) is 0 Å². The minimum atomic E-state index is -0.403. The zero-order valence-electron chi connectivity index (χ0n) is 9.25. The summed E-state index contributed by atoms with van der Waals surface area (Å²) in [6.45, 7) is 1.89. The molecule has 4 heteroatoms. The summed E-state index contributed by atoms with van der Waals surface area (Å²) < 4.78 is 4.61. The van der Waals surface area contributed by atoms with Crippen LogP contribution in [0.2, 0.25) is 0 Å². The second-order valence-corrected chi connectivity index (χ2v) is 3.75. The minimum absolute atomic E-state index is 0.0120. The molecule has 0 unspecified atom stereocenters. The highest BCUT2D eigenvalue weighted by Crippen LogP contribution is 2.13. The molecule has 0 N–H and O–H groups in total. The summed E-state index contributed by atoms with van der Waals surface area (Å²) in [4.78, 5) is 22.5. The third-order valence-corrected chi connectivity index (χ3v) is 2.60. The van der Waals surface area contributed by atoms with Crippen molar-refractivity contribution in [2.75, 3.05) is 13.0 Å². The molecule has 1 aromatic carbocycles. The molecule has 0 fully saturated rings. The molecule has 0 atom stereocenters. The lowest BCUT2D eigenvalue weighted by molar-refractivity contribution is -0.116. The largest absolute Gasteiger partial charge is 0.465 e. The van der Waals surface area contributed by atoms with E-state index in [1.54, 1.807) is 18.2 Å². The molecule has 0 radical (unpaired) electrons. The fraction of sp³-hybridized carbons (Fsp3) is 0.333. The highest BCUT2D eigenvalue weighted by Gasteiger charge is 2.10. The van der Waals surface area contributed by atoms with Crippen LogP contribution in [0, 0.1) is 6.92 Å². The van der Waals surface area contributed by atoms with Crippen LogP contribution < -0.4 is 0 Å². The molecule has 1 rings (SSSR count). The summed E-state index contributed by atoms with van der Waals surface area (Å²) in [7, 11) is 1.33. The number of alkyl halides is 1. The number of methoxy groups -OCH3 is 1. The van der Waals surface area contributed by atoms with Crippen molar-refractivity contribution in [1.82, 2.24) is 0 Å². The van der Waals surface area contributed by atoms with E-state index in [-0.39, 0.29) is 18.1 Å². The van der Waals surface area contributed by atoms with Crippen LogP contribution in [0.5, 0.6) is 0 Å². The Balaban J connectivity index is 2.99. The quantitative estimate of drug-likeness (QED) is 0.598. The van der Waals surface area contributed by atoms with Gasteiger partial charge in [0.1, 0.15) is 0 Å². The first-order valence-corrected chi connectivity index (χ1v) is 5.37. The number of hydrogen-bond donors (Lipinski definition) is 0. The van der Waals surface area contributed by atoms with Gasteiger partial charge in [0.2, 0.25) is 0 Å². The summed E-state index contributed by atoms with van der Waals surface area (Å²) >= 11 is 5.44. The van der Waals surface area contributed by atoms with Gasteiger partial charge in [0.15, 0.2) is 5.78 Å². The van der Waals surface area contributed by atoms with Crippen molar-refractivity contribution in [1.29, 1.82) is 0 Å². The van der Waals surface area contributed by atoms with Crippen LogP contribution in [0.25, 0.3) is 0 Å². The van der Waals surface area contributed by atoms with Crippen molar-refractivity contribution in [3.8, 4) is 0 Å². The van der Waals surface area contributed by atoms with Crippen molar-refractivity contribution in [2.24, 2.45) is 0 Å². The topological polar surface area (TPSA) is 43.4 Å². The van der Waals surface area contributed by atoms with E-state index in [1.165, 1.54) is 7.11 Å². The molecular formula is C12H13ClO3. The summed E-state index contributed by atoms with van der Waals surface area (Å²) in [5, 5.41) is 0. The van der Waals surface area contributed by atoms with Gasteiger partial charge in [-0.15, -0.1) is 11.6 Å². The van der Waals surface area contributed by atoms with Crippen molar-refractivity contribution < 1.29 is 14.3 Å². The minimum Gasteiger partial charge on any atom is -0.465 e. The van der Waals surface area contributed by atoms with E-state index in [0.29, 0.717) is 5.56 Å². The summed E-state index contributed by atoms with van der Waals surface area (Å²) in [5.74, 6) is -0.478. The Kier molecular flexibility index (Phi) is 4.50. The van der Waals surface area contributed by atoms with Gasteiger partial charge in [0.05, 0.1) is 18.6 Å². The zero-order valence-corrected chi connectivity index (χ0v) is 10.0. The average molecular weight is 241 g/mol. The van der Waals surface area contributed by atoms with E-state index >= 15 is 0 Å². The monoisotopic (exact) mass is 240 g/mol. The summed E-state index contributed by atoms with van der Waals surface area (Å²) in [6, 6.07) is 5.14. The number of hydrogen-bond acceptors (Lipinski definition) is 3. The van der Waals surface area contributed by atoms with Crippen molar-refractivity contribution in [3.05, 3.63) is 34.9 Å². The first-order chi connectivity index (χ1) is 7.58. The number of aryl methyl sites for hydroxylation is 1. The van der Waals surface area contributed by atoms with Gasteiger partial charge < -0.3 is 4.74 Å². The van der Waals surface area contributed by atoms with Crippen LogP contribution in [-0.4, -0.2) is 24.7 Å². The first-order valence-electron chi connectivity index (χ1n) is 4.84. The lowest BCUT2D eigenvalue weighted by atomic mass is 10.0. The molecule has 16 heavy (non-hydrogen) atoms. The number of ketones is 1. The van der Waals surface area contributed by atoms with Crippen molar-refractivity contribution >= 4 is 23.4 Å². The molecule has 1 aromatic rings. The Bertz CT molecular complexity index is 413. The molecule has 86 valence electrons. The lowest BCUT2D eigenvalue weighted by Gasteiger charge is -2.06. The van der Waals surface area contributed by atoms with E-state index < -0.39 is 5.97 Å². The van der Waals surface area contributed by atoms with Crippen LogP contribution in [0.15, 0.2) is 18.2 Å². The Hall–Kier alpha value is -1.35. The van der Waals surface area contributed by atoms with Gasteiger partial charge in [0.25, 0.3) is 0 Å². The molecule has 0 saturated carbocycles. The van der Waals surface area contributed by atoms with E-state index in [0.717, 1.165) is 11.1 Å². The number of benzene rings is 1. The summed E-state index contributed by atoms with van der Waals surface area (Å²) in [5.41, 5.74) is 2.23. The molecule has 0 aliphatic heterocycles. The van der Waals surface area contributed by atoms with E-state index in [4.69, 9.17) is 11.6 Å². The number of carbonyl (C=O) groups excluding carboxylic acids is 2. The van der Waals surface area contributed by atoms with E-state index in [9.17, 15) is 9.59 Å². The third kappa shape index (κ3) is 3.07. The average Bonchev–Trinajstić information content (AvgIpc) is 2.30. The second-order valence-electron chi connectivity index (χ2n) is 3.48. The normalized spacial score (nSPS) is 9.94. The number of rotatable bonds is 4. The van der Waals surface area contributed by atoms with Gasteiger partial charge in [-0.1, -0.05) is 6.07 Å². The molecule has 0 saturated heterocycles. The van der Waals surface area contributed by atoms with Crippen LogP contribution in [0.4, 0.5) is 0 Å². The SMILES string of the molecule is COC(=O)c1ccc(C)c(CC(=O)CCl)c1. The molecule has 0 amide bonds. The maximum absolute atomic E-state index is 11.3. The molecule has 0 aliphatic carbocycles. The van der Waals surface area contributed by atoms with E-state index in [1.807, 2.05) is 6.92 Å². The predicted octanol–water partition coefficient (Wildman–Crippen LogP) is 2.13. The van der Waals surface area contributed by atoms with Crippen LogP contribution in [-0.2, 0) is 16.0 Å². The molecule has 0 heterocycles. The number of ether oxygens (including phenoxy) is 1. The van der Waals surface area contributed by atoms with Gasteiger partial charge in [-0.05, 0) is 30.2 Å². The summed E-state index contributed by atoms with van der Waals surface area (Å²) in [6.07, 6.45) is 0.250. The van der Waals surface area contributed by atoms with Crippen LogP contribution in [0.1, 0.15) is 21.5 Å². The molecule has 0 aliphatic rings. The van der Waals surface area contributed by atoms with Crippen molar-refractivity contribution in [3.63, 3.8) is 0 Å². The fourth-order valence-electron chi connectivity index (χ4n) is 1.37. The number of carbonyl (C=O) groups is 2. The van der Waals surface area contributed by atoms with Crippen molar-refractivity contribution in [2.45, 2.75) is 13.3 Å². The van der Waals surface area contributed by atoms with Gasteiger partial charge in [-0.3, -0.25) is 4.79 Å². The standard InChI is InChI=1S/C12H13ClO3/c1-8-3-4-9(12(15)16-2)5-10(8)6-11(14)7-13/h3-5H,6-7H2,1-2H3. The molecule has 0 aromatic heterocycles. The van der Waals surface area contributed by atoms with E-state index in [2.05, 4.69) is 4.74 Å². The second kappa shape index (κ2) is 5.66. The molecular weight excluding hydrogens is 228 g/mol. The smallest absolute Gasteiger partial charge is 0.337 e. The van der Waals surface area contributed by atoms with Gasteiger partial charge >= 0.3 is 5.97 Å². The fourth-order valence-corrected chi connectivity index (χ4v) is 1.46. The Morgan fingerprint density at radius 1 is 1.38 bits per heavy atom. The highest BCUT2D eigenvalue weighted by atomic mass is 35.5. The van der Waals surface area contributed by atoms with Crippen LogP contribution in [0.3, 0.4) is 0 Å². The zero-order chi connectivity index (χ0) is 12.1.